The fraction of sp³-hybridized carbons (Fsp3) is 0.278. The minimum absolute atomic E-state index is 0.361. The lowest BCUT2D eigenvalue weighted by Crippen LogP contribution is -2.44. The molecule has 4 heteroatoms. The van der Waals surface area contributed by atoms with E-state index in [2.05, 4.69) is 23.1 Å². The number of para-hydroxylation sites is 1. The van der Waals surface area contributed by atoms with Gasteiger partial charge in [-0.25, -0.2) is 0 Å². The molecular formula is C18H21N3O. The Morgan fingerprint density at radius 3 is 2.45 bits per heavy atom. The van der Waals surface area contributed by atoms with Gasteiger partial charge in [-0.1, -0.05) is 24.3 Å². The molecular weight excluding hydrogens is 274 g/mol. The Bertz CT molecular complexity index is 696. The molecule has 4 nitrogen and oxygen atoms in total. The van der Waals surface area contributed by atoms with Crippen LogP contribution in [0.25, 0.3) is 0 Å². The van der Waals surface area contributed by atoms with E-state index < -0.39 is 0 Å². The first kappa shape index (κ1) is 14.6. The third kappa shape index (κ3) is 2.46. The first-order chi connectivity index (χ1) is 10.6. The fourth-order valence-corrected chi connectivity index (χ4v) is 3.07. The van der Waals surface area contributed by atoms with E-state index in [-0.39, 0.29) is 6.17 Å². The number of carbonyl (C=O) groups excluding carboxylic acids is 1. The van der Waals surface area contributed by atoms with E-state index in [0.29, 0.717) is 5.69 Å². The number of hydrogen-bond donors (Lipinski definition) is 1. The Labute approximate surface area is 131 Å². The number of nitrogen functional groups attached to an aromatic ring is 1. The lowest BCUT2D eigenvalue weighted by molar-refractivity contribution is -0.111. The van der Waals surface area contributed by atoms with Crippen LogP contribution in [0.2, 0.25) is 0 Å². The van der Waals surface area contributed by atoms with Gasteiger partial charge >= 0.3 is 0 Å². The molecule has 0 amide bonds. The van der Waals surface area contributed by atoms with E-state index in [0.717, 1.165) is 30.5 Å². The maximum atomic E-state index is 11.7. The summed E-state index contributed by atoms with van der Waals surface area (Å²) in [5.41, 5.74) is 11.3. The van der Waals surface area contributed by atoms with Gasteiger partial charge in [-0.2, -0.15) is 0 Å². The molecule has 2 aromatic rings. The van der Waals surface area contributed by atoms with Crippen molar-refractivity contribution < 1.29 is 4.79 Å². The van der Waals surface area contributed by atoms with Gasteiger partial charge < -0.3 is 10.6 Å². The van der Waals surface area contributed by atoms with Crippen molar-refractivity contribution in [2.24, 2.45) is 0 Å². The Kier molecular flexibility index (Phi) is 3.86. The molecule has 22 heavy (non-hydrogen) atoms. The van der Waals surface area contributed by atoms with Crippen LogP contribution >= 0.6 is 0 Å². The minimum Gasteiger partial charge on any atom is -0.399 e. The summed E-state index contributed by atoms with van der Waals surface area (Å²) in [6, 6.07) is 14.2. The van der Waals surface area contributed by atoms with Gasteiger partial charge in [0.25, 0.3) is 0 Å². The normalized spacial score (nSPS) is 15.0. The van der Waals surface area contributed by atoms with Crippen LogP contribution in [-0.4, -0.2) is 31.4 Å². The highest BCUT2D eigenvalue weighted by Gasteiger charge is 2.28. The number of aryl methyl sites for hydroxylation is 2. The number of nitrogens with two attached hydrogens (primary N) is 1. The number of aldehydes is 1. The van der Waals surface area contributed by atoms with E-state index >= 15 is 0 Å². The topological polar surface area (TPSA) is 49.6 Å². The summed E-state index contributed by atoms with van der Waals surface area (Å²) in [6.07, 6.45) is 2.53. The van der Waals surface area contributed by atoms with E-state index in [1.807, 2.05) is 43.3 Å². The molecule has 1 aliphatic heterocycles. The smallest absolute Gasteiger partial charge is 0.157 e. The molecule has 2 aromatic carbocycles. The van der Waals surface area contributed by atoms with Gasteiger partial charge in [-0.3, -0.25) is 9.69 Å². The molecule has 0 bridgehead atoms. The van der Waals surface area contributed by atoms with Gasteiger partial charge in [0.15, 0.2) is 6.29 Å². The van der Waals surface area contributed by atoms with Crippen LogP contribution in [0.1, 0.15) is 11.1 Å². The van der Waals surface area contributed by atoms with Crippen molar-refractivity contribution in [3.05, 3.63) is 53.6 Å². The molecule has 1 heterocycles. The van der Waals surface area contributed by atoms with Gasteiger partial charge in [0.2, 0.25) is 0 Å². The number of carbonyl (C=O) groups is 1. The van der Waals surface area contributed by atoms with Crippen molar-refractivity contribution in [2.45, 2.75) is 19.0 Å². The van der Waals surface area contributed by atoms with Crippen LogP contribution < -0.4 is 10.6 Å². The summed E-state index contributed by atoms with van der Waals surface area (Å²) in [4.78, 5) is 15.8. The predicted molar refractivity (Wildman–Crippen MR) is 90.4 cm³/mol. The maximum absolute atomic E-state index is 11.7. The minimum atomic E-state index is -0.361. The summed E-state index contributed by atoms with van der Waals surface area (Å²) in [7, 11) is 3.83. The summed E-state index contributed by atoms with van der Waals surface area (Å²) in [5.74, 6) is 0. The van der Waals surface area contributed by atoms with Crippen molar-refractivity contribution in [3.63, 3.8) is 0 Å². The summed E-state index contributed by atoms with van der Waals surface area (Å²) < 4.78 is 0. The molecule has 1 aliphatic rings. The standard InChI is InChI=1S/C18H21N3O/c1-20(2)18(12-22)21-16-6-4-3-5-13(16)7-8-14-9-10-15(19)11-17(14)21/h3-6,9-12,18H,7-8,19H2,1-2H3. The summed E-state index contributed by atoms with van der Waals surface area (Å²) in [6.45, 7) is 0. The molecule has 0 radical (unpaired) electrons. The number of rotatable bonds is 3. The third-order valence-corrected chi connectivity index (χ3v) is 4.20. The Hall–Kier alpha value is -2.33. The Balaban J connectivity index is 2.24. The highest BCUT2D eigenvalue weighted by atomic mass is 16.1. The summed E-state index contributed by atoms with van der Waals surface area (Å²) in [5, 5.41) is 0. The number of anilines is 3. The molecule has 3 rings (SSSR count). The maximum Gasteiger partial charge on any atom is 0.157 e. The van der Waals surface area contributed by atoms with E-state index in [9.17, 15) is 4.79 Å². The third-order valence-electron chi connectivity index (χ3n) is 4.20. The van der Waals surface area contributed by atoms with Crippen LogP contribution in [0.3, 0.4) is 0 Å². The van der Waals surface area contributed by atoms with Crippen molar-refractivity contribution in [1.82, 2.24) is 4.90 Å². The van der Waals surface area contributed by atoms with E-state index in [1.165, 1.54) is 11.1 Å². The average molecular weight is 295 g/mol. The average Bonchev–Trinajstić information content (AvgIpc) is 2.66. The fourth-order valence-electron chi connectivity index (χ4n) is 3.07. The highest BCUT2D eigenvalue weighted by Crippen LogP contribution is 2.38. The molecule has 1 unspecified atom stereocenters. The second-order valence-corrected chi connectivity index (χ2v) is 5.90. The quantitative estimate of drug-likeness (QED) is 0.698. The van der Waals surface area contributed by atoms with Crippen molar-refractivity contribution in [2.75, 3.05) is 24.7 Å². The second kappa shape index (κ2) is 5.81. The van der Waals surface area contributed by atoms with Crippen LogP contribution in [0, 0.1) is 0 Å². The highest BCUT2D eigenvalue weighted by molar-refractivity contribution is 5.80. The molecule has 0 aliphatic carbocycles. The number of benzene rings is 2. The Morgan fingerprint density at radius 1 is 1.09 bits per heavy atom. The zero-order chi connectivity index (χ0) is 15.7. The number of likely N-dealkylation sites (N-methyl/N-ethyl adjacent to an activating group) is 1. The molecule has 0 fully saturated rings. The molecule has 0 aromatic heterocycles. The molecule has 1 atom stereocenters. The molecule has 0 saturated heterocycles. The monoisotopic (exact) mass is 295 g/mol. The predicted octanol–water partition coefficient (Wildman–Crippen LogP) is 2.59. The van der Waals surface area contributed by atoms with Crippen LogP contribution in [0.5, 0.6) is 0 Å². The van der Waals surface area contributed by atoms with Crippen molar-refractivity contribution in [1.29, 1.82) is 0 Å². The van der Waals surface area contributed by atoms with Crippen LogP contribution in [0.4, 0.5) is 17.1 Å². The summed E-state index contributed by atoms with van der Waals surface area (Å²) >= 11 is 0. The zero-order valence-corrected chi connectivity index (χ0v) is 13.0. The van der Waals surface area contributed by atoms with Gasteiger partial charge in [0.05, 0.1) is 0 Å². The number of nitrogens with zero attached hydrogens (tertiary/aromatic N) is 2. The first-order valence-electron chi connectivity index (χ1n) is 7.49. The van der Waals surface area contributed by atoms with Crippen molar-refractivity contribution >= 4 is 23.3 Å². The molecule has 2 N–H and O–H groups in total. The van der Waals surface area contributed by atoms with E-state index in [4.69, 9.17) is 5.73 Å². The van der Waals surface area contributed by atoms with Gasteiger partial charge in [0, 0.05) is 17.1 Å². The van der Waals surface area contributed by atoms with E-state index in [1.54, 1.807) is 0 Å². The number of hydrogen-bond acceptors (Lipinski definition) is 4. The van der Waals surface area contributed by atoms with Gasteiger partial charge in [0.1, 0.15) is 6.17 Å². The van der Waals surface area contributed by atoms with Crippen molar-refractivity contribution in [3.8, 4) is 0 Å². The number of fused-ring (bicyclic) bond motifs is 2. The first-order valence-corrected chi connectivity index (χ1v) is 7.49. The molecule has 114 valence electrons. The molecule has 0 saturated carbocycles. The largest absolute Gasteiger partial charge is 0.399 e. The lowest BCUT2D eigenvalue weighted by Gasteiger charge is -2.35. The van der Waals surface area contributed by atoms with Crippen LogP contribution in [-0.2, 0) is 17.6 Å². The van der Waals surface area contributed by atoms with Gasteiger partial charge in [-0.05, 0) is 56.3 Å². The second-order valence-electron chi connectivity index (χ2n) is 5.90. The lowest BCUT2D eigenvalue weighted by atomic mass is 10.0. The zero-order valence-electron chi connectivity index (χ0n) is 13.0. The van der Waals surface area contributed by atoms with Crippen LogP contribution in [0.15, 0.2) is 42.5 Å². The Morgan fingerprint density at radius 2 is 1.77 bits per heavy atom. The molecule has 0 spiro atoms. The SMILES string of the molecule is CN(C)C(C=O)N1c2ccccc2CCc2ccc(N)cc21. The van der Waals surface area contributed by atoms with Gasteiger partial charge in [-0.15, -0.1) is 0 Å².